The normalized spacial score (nSPS) is 16.4. The molecule has 0 fully saturated rings. The van der Waals surface area contributed by atoms with E-state index in [1.54, 1.807) is 6.92 Å². The van der Waals surface area contributed by atoms with Gasteiger partial charge in [-0.2, -0.15) is 5.26 Å². The van der Waals surface area contributed by atoms with E-state index < -0.39 is 11.9 Å². The SMILES string of the molecule is C=CCOC(=O)C1=C(C)OC(N)=C(C#N)[C@H]1c1cc2cc(C)c(C)cc2nc1Cl. The molecule has 0 amide bonds. The molecular formula is C22H20ClN3O3. The topological polar surface area (TPSA) is 98.2 Å². The van der Waals surface area contributed by atoms with E-state index in [0.29, 0.717) is 5.56 Å². The van der Waals surface area contributed by atoms with Crippen molar-refractivity contribution < 1.29 is 14.3 Å². The monoisotopic (exact) mass is 409 g/mol. The number of nitrogens with zero attached hydrogens (tertiary/aromatic N) is 2. The van der Waals surface area contributed by atoms with Crippen LogP contribution in [0, 0.1) is 25.2 Å². The van der Waals surface area contributed by atoms with Crippen molar-refractivity contribution in [1.29, 1.82) is 5.26 Å². The van der Waals surface area contributed by atoms with E-state index >= 15 is 0 Å². The molecule has 2 aromatic rings. The molecule has 0 aliphatic carbocycles. The summed E-state index contributed by atoms with van der Waals surface area (Å²) in [5.74, 6) is -1.32. The van der Waals surface area contributed by atoms with Gasteiger partial charge in [0.1, 0.15) is 29.2 Å². The van der Waals surface area contributed by atoms with Gasteiger partial charge in [0, 0.05) is 10.9 Å². The average Bonchev–Trinajstić information content (AvgIpc) is 2.66. The second-order valence-corrected chi connectivity index (χ2v) is 7.14. The number of esters is 1. The van der Waals surface area contributed by atoms with Gasteiger partial charge in [0.15, 0.2) is 0 Å². The van der Waals surface area contributed by atoms with Crippen LogP contribution in [0.2, 0.25) is 5.15 Å². The highest BCUT2D eigenvalue weighted by molar-refractivity contribution is 6.30. The lowest BCUT2D eigenvalue weighted by Crippen LogP contribution is -2.26. The van der Waals surface area contributed by atoms with Crippen molar-refractivity contribution >= 4 is 28.5 Å². The molecule has 0 spiro atoms. The molecule has 148 valence electrons. The number of halogens is 1. The highest BCUT2D eigenvalue weighted by atomic mass is 35.5. The fourth-order valence-corrected chi connectivity index (χ4v) is 3.56. The molecule has 0 saturated carbocycles. The zero-order valence-corrected chi connectivity index (χ0v) is 17.1. The van der Waals surface area contributed by atoms with Crippen molar-refractivity contribution in [3.8, 4) is 6.07 Å². The number of pyridine rings is 1. The standard InChI is InChI=1S/C22H20ClN3O3/c1-5-6-28-22(27)18-13(4)29-21(25)16(10-24)19(18)15-9-14-7-11(2)12(3)8-17(14)26-20(15)23/h5,7-9,19H,1,6,25H2,2-4H3/t19-/m1/s1. The lowest BCUT2D eigenvalue weighted by molar-refractivity contribution is -0.138. The molecule has 1 atom stereocenters. The molecule has 2 heterocycles. The van der Waals surface area contributed by atoms with Gasteiger partial charge < -0.3 is 15.2 Å². The number of carbonyl (C=O) groups is 1. The summed E-state index contributed by atoms with van der Waals surface area (Å²) in [6.45, 7) is 9.15. The van der Waals surface area contributed by atoms with Gasteiger partial charge in [0.05, 0.1) is 17.0 Å². The second kappa shape index (κ2) is 7.98. The van der Waals surface area contributed by atoms with E-state index in [-0.39, 0.29) is 34.5 Å². The van der Waals surface area contributed by atoms with Crippen LogP contribution >= 0.6 is 11.6 Å². The molecular weight excluding hydrogens is 390 g/mol. The zero-order chi connectivity index (χ0) is 21.3. The Balaban J connectivity index is 2.25. The van der Waals surface area contributed by atoms with Crippen molar-refractivity contribution in [2.45, 2.75) is 26.7 Å². The van der Waals surface area contributed by atoms with Gasteiger partial charge in [-0.3, -0.25) is 0 Å². The lowest BCUT2D eigenvalue weighted by Gasteiger charge is -2.27. The molecule has 1 aliphatic rings. The molecule has 0 unspecified atom stereocenters. The number of aromatic nitrogens is 1. The van der Waals surface area contributed by atoms with Gasteiger partial charge in [-0.1, -0.05) is 24.3 Å². The predicted octanol–water partition coefficient (Wildman–Crippen LogP) is 4.32. The summed E-state index contributed by atoms with van der Waals surface area (Å²) in [7, 11) is 0. The number of rotatable bonds is 4. The summed E-state index contributed by atoms with van der Waals surface area (Å²) in [6, 6.07) is 7.80. The van der Waals surface area contributed by atoms with Crippen LogP contribution in [0.1, 0.15) is 29.5 Å². The Kier molecular flexibility index (Phi) is 5.62. The van der Waals surface area contributed by atoms with Gasteiger partial charge in [-0.15, -0.1) is 0 Å². The summed E-state index contributed by atoms with van der Waals surface area (Å²) in [4.78, 5) is 17.2. The molecule has 1 aliphatic heterocycles. The number of carbonyl (C=O) groups excluding carboxylic acids is 1. The molecule has 29 heavy (non-hydrogen) atoms. The smallest absolute Gasteiger partial charge is 0.338 e. The van der Waals surface area contributed by atoms with Crippen molar-refractivity contribution in [3.63, 3.8) is 0 Å². The molecule has 0 radical (unpaired) electrons. The van der Waals surface area contributed by atoms with E-state index in [0.717, 1.165) is 22.0 Å². The lowest BCUT2D eigenvalue weighted by atomic mass is 9.83. The largest absolute Gasteiger partial charge is 0.458 e. The number of benzene rings is 1. The number of hydrogen-bond acceptors (Lipinski definition) is 6. The summed E-state index contributed by atoms with van der Waals surface area (Å²) in [5, 5.41) is 10.7. The Morgan fingerprint density at radius 3 is 2.72 bits per heavy atom. The molecule has 0 saturated heterocycles. The first-order valence-corrected chi connectivity index (χ1v) is 9.30. The van der Waals surface area contributed by atoms with Crippen LogP contribution in [-0.4, -0.2) is 17.6 Å². The molecule has 7 heteroatoms. The Bertz CT molecular complexity index is 1140. The number of aryl methyl sites for hydroxylation is 2. The maximum Gasteiger partial charge on any atom is 0.338 e. The van der Waals surface area contributed by atoms with E-state index in [1.807, 2.05) is 38.1 Å². The van der Waals surface area contributed by atoms with E-state index in [9.17, 15) is 10.1 Å². The van der Waals surface area contributed by atoms with Gasteiger partial charge in [-0.05, 0) is 50.1 Å². The van der Waals surface area contributed by atoms with Gasteiger partial charge in [-0.25, -0.2) is 9.78 Å². The minimum absolute atomic E-state index is 0.0194. The minimum Gasteiger partial charge on any atom is -0.458 e. The van der Waals surface area contributed by atoms with Crippen LogP contribution in [0.4, 0.5) is 0 Å². The first-order chi connectivity index (χ1) is 13.8. The van der Waals surface area contributed by atoms with Crippen LogP contribution in [0.25, 0.3) is 10.9 Å². The van der Waals surface area contributed by atoms with Crippen molar-refractivity contribution in [2.24, 2.45) is 5.73 Å². The number of nitrogens with two attached hydrogens (primary N) is 1. The van der Waals surface area contributed by atoms with Crippen molar-refractivity contribution in [3.05, 3.63) is 75.5 Å². The Labute approximate surface area is 173 Å². The Hall–Kier alpha value is -3.30. The van der Waals surface area contributed by atoms with Crippen molar-refractivity contribution in [1.82, 2.24) is 4.98 Å². The summed E-state index contributed by atoms with van der Waals surface area (Å²) >= 11 is 6.51. The predicted molar refractivity (Wildman–Crippen MR) is 111 cm³/mol. The minimum atomic E-state index is -0.850. The Morgan fingerprint density at radius 2 is 2.07 bits per heavy atom. The maximum atomic E-state index is 12.7. The molecule has 3 rings (SSSR count). The third-order valence-electron chi connectivity index (χ3n) is 4.88. The van der Waals surface area contributed by atoms with Crippen LogP contribution in [0.5, 0.6) is 0 Å². The number of ether oxygens (including phenoxy) is 2. The number of hydrogen-bond donors (Lipinski definition) is 1. The second-order valence-electron chi connectivity index (χ2n) is 6.78. The first-order valence-electron chi connectivity index (χ1n) is 8.92. The molecule has 6 nitrogen and oxygen atoms in total. The van der Waals surface area contributed by atoms with Gasteiger partial charge in [0.25, 0.3) is 0 Å². The number of fused-ring (bicyclic) bond motifs is 1. The Morgan fingerprint density at radius 1 is 1.38 bits per heavy atom. The highest BCUT2D eigenvalue weighted by Gasteiger charge is 2.37. The number of nitriles is 1. The first kappa shape index (κ1) is 20.4. The fourth-order valence-electron chi connectivity index (χ4n) is 3.30. The van der Waals surface area contributed by atoms with Crippen LogP contribution in [0.15, 0.2) is 53.6 Å². The molecule has 0 bridgehead atoms. The highest BCUT2D eigenvalue weighted by Crippen LogP contribution is 2.42. The summed E-state index contributed by atoms with van der Waals surface area (Å²) in [6.07, 6.45) is 1.46. The third-order valence-corrected chi connectivity index (χ3v) is 5.18. The average molecular weight is 410 g/mol. The molecule has 1 aromatic heterocycles. The zero-order valence-electron chi connectivity index (χ0n) is 16.4. The summed E-state index contributed by atoms with van der Waals surface area (Å²) < 4.78 is 10.7. The van der Waals surface area contributed by atoms with E-state index in [1.165, 1.54) is 6.08 Å². The quantitative estimate of drug-likeness (QED) is 0.458. The van der Waals surface area contributed by atoms with Crippen LogP contribution in [0.3, 0.4) is 0 Å². The van der Waals surface area contributed by atoms with Crippen molar-refractivity contribution in [2.75, 3.05) is 6.61 Å². The van der Waals surface area contributed by atoms with Gasteiger partial charge in [0.2, 0.25) is 5.88 Å². The fraction of sp³-hybridized carbons (Fsp3) is 0.227. The molecule has 2 N–H and O–H groups in total. The maximum absolute atomic E-state index is 12.7. The number of allylic oxidation sites excluding steroid dienone is 2. The van der Waals surface area contributed by atoms with Crippen LogP contribution < -0.4 is 5.73 Å². The third kappa shape index (κ3) is 3.69. The van der Waals surface area contributed by atoms with E-state index in [4.69, 9.17) is 26.8 Å². The summed E-state index contributed by atoms with van der Waals surface area (Å²) in [5.41, 5.74) is 9.56. The van der Waals surface area contributed by atoms with Crippen LogP contribution in [-0.2, 0) is 14.3 Å². The molecule has 1 aromatic carbocycles. The van der Waals surface area contributed by atoms with Gasteiger partial charge >= 0.3 is 5.97 Å². The van der Waals surface area contributed by atoms with E-state index in [2.05, 4.69) is 11.6 Å².